The summed E-state index contributed by atoms with van der Waals surface area (Å²) in [6.07, 6.45) is 0. The summed E-state index contributed by atoms with van der Waals surface area (Å²) in [6.45, 7) is -0.310. The quantitative estimate of drug-likeness (QED) is 0.840. The molecule has 1 aromatic carbocycles. The molecular formula is C13H11ClN2O4. The Bertz CT molecular complexity index is 687. The lowest BCUT2D eigenvalue weighted by atomic mass is 10.1. The van der Waals surface area contributed by atoms with E-state index in [0.29, 0.717) is 21.6 Å². The van der Waals surface area contributed by atoms with E-state index in [1.165, 1.54) is 7.11 Å². The SMILES string of the molecule is COC(=O)c1cc2cc(Cl)ccc2c(NCC(=O)O)n1. The molecule has 0 spiro atoms. The van der Waals surface area contributed by atoms with Gasteiger partial charge in [-0.15, -0.1) is 0 Å². The predicted octanol–water partition coefficient (Wildman–Crippen LogP) is 2.17. The zero-order chi connectivity index (χ0) is 14.7. The highest BCUT2D eigenvalue weighted by Crippen LogP contribution is 2.26. The molecule has 0 saturated heterocycles. The van der Waals surface area contributed by atoms with Crippen molar-refractivity contribution in [3.63, 3.8) is 0 Å². The number of carboxylic acids is 1. The first-order chi connectivity index (χ1) is 9.51. The van der Waals surface area contributed by atoms with Crippen molar-refractivity contribution >= 4 is 40.1 Å². The summed E-state index contributed by atoms with van der Waals surface area (Å²) in [7, 11) is 1.25. The predicted molar refractivity (Wildman–Crippen MR) is 74.2 cm³/mol. The van der Waals surface area contributed by atoms with Crippen LogP contribution in [0.5, 0.6) is 0 Å². The molecule has 0 aliphatic carbocycles. The number of pyridine rings is 1. The zero-order valence-corrected chi connectivity index (χ0v) is 11.3. The van der Waals surface area contributed by atoms with Crippen molar-refractivity contribution in [1.29, 1.82) is 0 Å². The van der Waals surface area contributed by atoms with E-state index in [1.807, 2.05) is 0 Å². The lowest BCUT2D eigenvalue weighted by Crippen LogP contribution is -2.15. The number of carbonyl (C=O) groups is 2. The number of ether oxygens (including phenoxy) is 1. The van der Waals surface area contributed by atoms with Gasteiger partial charge in [0.1, 0.15) is 12.4 Å². The van der Waals surface area contributed by atoms with E-state index in [4.69, 9.17) is 16.7 Å². The third-order valence-corrected chi connectivity index (χ3v) is 2.83. The van der Waals surface area contributed by atoms with E-state index in [1.54, 1.807) is 24.3 Å². The van der Waals surface area contributed by atoms with Gasteiger partial charge in [-0.3, -0.25) is 4.79 Å². The highest BCUT2D eigenvalue weighted by atomic mass is 35.5. The maximum atomic E-state index is 11.6. The van der Waals surface area contributed by atoms with E-state index in [0.717, 1.165) is 0 Å². The van der Waals surface area contributed by atoms with Gasteiger partial charge in [-0.1, -0.05) is 11.6 Å². The summed E-state index contributed by atoms with van der Waals surface area (Å²) in [4.78, 5) is 26.3. The van der Waals surface area contributed by atoms with Gasteiger partial charge in [-0.2, -0.15) is 0 Å². The zero-order valence-electron chi connectivity index (χ0n) is 10.5. The molecule has 0 amide bonds. The van der Waals surface area contributed by atoms with Gasteiger partial charge in [0.25, 0.3) is 0 Å². The van der Waals surface area contributed by atoms with E-state index >= 15 is 0 Å². The molecular weight excluding hydrogens is 284 g/mol. The summed E-state index contributed by atoms with van der Waals surface area (Å²) >= 11 is 5.91. The monoisotopic (exact) mass is 294 g/mol. The first-order valence-electron chi connectivity index (χ1n) is 5.65. The summed E-state index contributed by atoms with van der Waals surface area (Å²) in [6, 6.07) is 6.57. The van der Waals surface area contributed by atoms with Gasteiger partial charge in [0.05, 0.1) is 7.11 Å². The molecule has 0 bridgehead atoms. The van der Waals surface area contributed by atoms with E-state index in [2.05, 4.69) is 15.0 Å². The minimum Gasteiger partial charge on any atom is -0.480 e. The number of hydrogen-bond acceptors (Lipinski definition) is 5. The number of anilines is 1. The lowest BCUT2D eigenvalue weighted by molar-refractivity contribution is -0.134. The Hall–Kier alpha value is -2.34. The molecule has 0 radical (unpaired) electrons. The molecule has 0 atom stereocenters. The van der Waals surface area contributed by atoms with Crippen molar-refractivity contribution in [2.75, 3.05) is 19.0 Å². The maximum Gasteiger partial charge on any atom is 0.356 e. The van der Waals surface area contributed by atoms with Gasteiger partial charge in [-0.25, -0.2) is 9.78 Å². The van der Waals surface area contributed by atoms with Crippen LogP contribution in [0.4, 0.5) is 5.82 Å². The normalized spacial score (nSPS) is 10.3. The Balaban J connectivity index is 2.56. The molecule has 20 heavy (non-hydrogen) atoms. The van der Waals surface area contributed by atoms with Crippen LogP contribution in [0.15, 0.2) is 24.3 Å². The fourth-order valence-corrected chi connectivity index (χ4v) is 1.91. The van der Waals surface area contributed by atoms with Crippen LogP contribution in [0.2, 0.25) is 5.02 Å². The number of aromatic nitrogens is 1. The van der Waals surface area contributed by atoms with Gasteiger partial charge in [-0.05, 0) is 29.7 Å². The van der Waals surface area contributed by atoms with Gasteiger partial charge in [0.2, 0.25) is 0 Å². The first-order valence-corrected chi connectivity index (χ1v) is 6.03. The second-order valence-electron chi connectivity index (χ2n) is 3.96. The average molecular weight is 295 g/mol. The Morgan fingerprint density at radius 2 is 2.15 bits per heavy atom. The van der Waals surface area contributed by atoms with Crippen LogP contribution >= 0.6 is 11.6 Å². The summed E-state index contributed by atoms with van der Waals surface area (Å²) < 4.78 is 4.62. The Kier molecular flexibility index (Phi) is 4.05. The summed E-state index contributed by atoms with van der Waals surface area (Å²) in [5.41, 5.74) is 0.0788. The molecule has 0 aliphatic rings. The van der Waals surface area contributed by atoms with Crippen molar-refractivity contribution in [3.8, 4) is 0 Å². The molecule has 7 heteroatoms. The van der Waals surface area contributed by atoms with Crippen LogP contribution in [0.3, 0.4) is 0 Å². The van der Waals surface area contributed by atoms with Crippen molar-refractivity contribution in [3.05, 3.63) is 35.0 Å². The number of aliphatic carboxylic acids is 1. The fourth-order valence-electron chi connectivity index (χ4n) is 1.73. The average Bonchev–Trinajstić information content (AvgIpc) is 2.42. The van der Waals surface area contributed by atoms with Gasteiger partial charge in [0, 0.05) is 10.4 Å². The van der Waals surface area contributed by atoms with Crippen molar-refractivity contribution in [1.82, 2.24) is 4.98 Å². The van der Waals surface area contributed by atoms with Gasteiger partial charge >= 0.3 is 11.9 Å². The van der Waals surface area contributed by atoms with Crippen LogP contribution in [0.25, 0.3) is 10.8 Å². The number of nitrogens with one attached hydrogen (secondary N) is 1. The third-order valence-electron chi connectivity index (χ3n) is 2.59. The molecule has 2 aromatic rings. The minimum atomic E-state index is -1.03. The molecule has 0 fully saturated rings. The Labute approximate surface area is 119 Å². The third kappa shape index (κ3) is 2.97. The summed E-state index contributed by atoms with van der Waals surface area (Å²) in [5, 5.41) is 13.2. The molecule has 0 saturated carbocycles. The molecule has 0 unspecified atom stereocenters. The second-order valence-corrected chi connectivity index (χ2v) is 4.40. The smallest absolute Gasteiger partial charge is 0.356 e. The minimum absolute atomic E-state index is 0.0788. The van der Waals surface area contributed by atoms with E-state index in [-0.39, 0.29) is 12.2 Å². The molecule has 104 valence electrons. The highest BCUT2D eigenvalue weighted by Gasteiger charge is 2.13. The number of halogens is 1. The number of carbonyl (C=O) groups excluding carboxylic acids is 1. The number of esters is 1. The molecule has 1 heterocycles. The van der Waals surface area contributed by atoms with Crippen LogP contribution in [-0.2, 0) is 9.53 Å². The molecule has 1 aromatic heterocycles. The van der Waals surface area contributed by atoms with E-state index in [9.17, 15) is 9.59 Å². The molecule has 0 aliphatic heterocycles. The number of carboxylic acid groups (broad SMARTS) is 1. The highest BCUT2D eigenvalue weighted by molar-refractivity contribution is 6.31. The van der Waals surface area contributed by atoms with Crippen LogP contribution in [0.1, 0.15) is 10.5 Å². The topological polar surface area (TPSA) is 88.5 Å². The van der Waals surface area contributed by atoms with Crippen molar-refractivity contribution < 1.29 is 19.4 Å². The molecule has 2 rings (SSSR count). The molecule has 2 N–H and O–H groups in total. The number of fused-ring (bicyclic) bond motifs is 1. The number of methoxy groups -OCH3 is 1. The first kappa shape index (κ1) is 14.1. The van der Waals surface area contributed by atoms with Gasteiger partial charge < -0.3 is 15.2 Å². The van der Waals surface area contributed by atoms with Gasteiger partial charge in [0.15, 0.2) is 5.69 Å². The molecule has 6 nitrogen and oxygen atoms in total. The summed E-state index contributed by atoms with van der Waals surface area (Å²) in [5.74, 6) is -1.34. The van der Waals surface area contributed by atoms with Crippen LogP contribution in [-0.4, -0.2) is 35.7 Å². The van der Waals surface area contributed by atoms with Crippen LogP contribution in [0, 0.1) is 0 Å². The van der Waals surface area contributed by atoms with Crippen molar-refractivity contribution in [2.45, 2.75) is 0 Å². The fraction of sp³-hybridized carbons (Fsp3) is 0.154. The standard InChI is InChI=1S/C13H11ClN2O4/c1-20-13(19)10-5-7-4-8(14)2-3-9(7)12(16-10)15-6-11(17)18/h2-5H,6H2,1H3,(H,15,16)(H,17,18). The largest absolute Gasteiger partial charge is 0.480 e. The Morgan fingerprint density at radius 3 is 2.80 bits per heavy atom. The number of hydrogen-bond donors (Lipinski definition) is 2. The number of nitrogens with zero attached hydrogens (tertiary/aromatic N) is 1. The van der Waals surface area contributed by atoms with E-state index < -0.39 is 11.9 Å². The lowest BCUT2D eigenvalue weighted by Gasteiger charge is -2.09. The van der Waals surface area contributed by atoms with Crippen LogP contribution < -0.4 is 5.32 Å². The Morgan fingerprint density at radius 1 is 1.40 bits per heavy atom. The maximum absolute atomic E-state index is 11.6. The number of benzene rings is 1. The van der Waals surface area contributed by atoms with Crippen molar-refractivity contribution in [2.24, 2.45) is 0 Å². The second kappa shape index (κ2) is 5.75. The number of rotatable bonds is 4.